The summed E-state index contributed by atoms with van der Waals surface area (Å²) in [6.07, 6.45) is 0. The van der Waals surface area contributed by atoms with Crippen LogP contribution in [0.4, 0.5) is 10.1 Å². The SMILES string of the molecule is N#Cc1ccc(N2CC3CNCC3C2)c(F)c1Br. The zero-order valence-electron chi connectivity index (χ0n) is 9.79. The van der Waals surface area contributed by atoms with Crippen molar-refractivity contribution in [1.82, 2.24) is 5.32 Å². The minimum absolute atomic E-state index is 0.276. The largest absolute Gasteiger partial charge is 0.368 e. The van der Waals surface area contributed by atoms with Crippen molar-refractivity contribution in [2.24, 2.45) is 11.8 Å². The van der Waals surface area contributed by atoms with E-state index in [-0.39, 0.29) is 10.3 Å². The summed E-state index contributed by atoms with van der Waals surface area (Å²) in [5.41, 5.74) is 0.951. The standard InChI is InChI=1S/C13H13BrFN3/c14-12-8(3-16)1-2-11(13(12)15)18-6-9-4-17-5-10(9)7-18/h1-2,9-10,17H,4-7H2. The van der Waals surface area contributed by atoms with Crippen LogP contribution in [0.1, 0.15) is 5.56 Å². The molecule has 2 fully saturated rings. The second-order valence-electron chi connectivity index (χ2n) is 4.96. The summed E-state index contributed by atoms with van der Waals surface area (Å²) in [5.74, 6) is 0.930. The highest BCUT2D eigenvalue weighted by Gasteiger charge is 2.37. The van der Waals surface area contributed by atoms with E-state index in [1.165, 1.54) is 0 Å². The van der Waals surface area contributed by atoms with Gasteiger partial charge in [-0.2, -0.15) is 5.26 Å². The van der Waals surface area contributed by atoms with Crippen LogP contribution in [0.5, 0.6) is 0 Å². The lowest BCUT2D eigenvalue weighted by Gasteiger charge is -2.21. The molecule has 0 radical (unpaired) electrons. The van der Waals surface area contributed by atoms with Crippen molar-refractivity contribution in [3.63, 3.8) is 0 Å². The quantitative estimate of drug-likeness (QED) is 0.863. The summed E-state index contributed by atoms with van der Waals surface area (Å²) in [6, 6.07) is 5.37. The van der Waals surface area contributed by atoms with E-state index in [4.69, 9.17) is 5.26 Å². The first-order valence-corrected chi connectivity index (χ1v) is 6.83. The van der Waals surface area contributed by atoms with Gasteiger partial charge in [-0.25, -0.2) is 4.39 Å². The molecule has 0 aromatic heterocycles. The Balaban J connectivity index is 1.90. The number of hydrogen-bond donors (Lipinski definition) is 1. The van der Waals surface area contributed by atoms with E-state index < -0.39 is 0 Å². The van der Waals surface area contributed by atoms with Gasteiger partial charge in [-0.1, -0.05) is 0 Å². The van der Waals surface area contributed by atoms with Gasteiger partial charge >= 0.3 is 0 Å². The molecule has 2 atom stereocenters. The molecule has 2 aliphatic rings. The summed E-state index contributed by atoms with van der Waals surface area (Å²) in [4.78, 5) is 2.09. The molecule has 18 heavy (non-hydrogen) atoms. The van der Waals surface area contributed by atoms with Crippen molar-refractivity contribution >= 4 is 21.6 Å². The van der Waals surface area contributed by atoms with E-state index in [1.807, 2.05) is 6.07 Å². The number of benzene rings is 1. The molecule has 2 heterocycles. The average Bonchev–Trinajstić information content (AvgIpc) is 2.93. The van der Waals surface area contributed by atoms with E-state index in [0.29, 0.717) is 23.1 Å². The Labute approximate surface area is 114 Å². The van der Waals surface area contributed by atoms with Crippen LogP contribution < -0.4 is 10.2 Å². The third kappa shape index (κ3) is 1.80. The van der Waals surface area contributed by atoms with Gasteiger partial charge in [0, 0.05) is 26.2 Å². The van der Waals surface area contributed by atoms with Crippen LogP contribution in [0.2, 0.25) is 0 Å². The minimum Gasteiger partial charge on any atom is -0.368 e. The number of rotatable bonds is 1. The molecule has 2 aliphatic heterocycles. The lowest BCUT2D eigenvalue weighted by atomic mass is 10.0. The predicted octanol–water partition coefficient (Wildman–Crippen LogP) is 2.12. The van der Waals surface area contributed by atoms with Crippen LogP contribution in [-0.2, 0) is 0 Å². The highest BCUT2D eigenvalue weighted by molar-refractivity contribution is 9.10. The molecule has 1 aromatic rings. The normalized spacial score (nSPS) is 26.2. The van der Waals surface area contributed by atoms with Crippen molar-refractivity contribution < 1.29 is 4.39 Å². The maximum atomic E-state index is 14.2. The Morgan fingerprint density at radius 3 is 2.61 bits per heavy atom. The highest BCUT2D eigenvalue weighted by atomic mass is 79.9. The average molecular weight is 310 g/mol. The maximum absolute atomic E-state index is 14.2. The van der Waals surface area contributed by atoms with Crippen molar-refractivity contribution in [3.05, 3.63) is 28.0 Å². The topological polar surface area (TPSA) is 39.1 Å². The summed E-state index contributed by atoms with van der Waals surface area (Å²) < 4.78 is 14.5. The molecule has 1 N–H and O–H groups in total. The van der Waals surface area contributed by atoms with E-state index in [2.05, 4.69) is 26.1 Å². The van der Waals surface area contributed by atoms with Gasteiger partial charge in [-0.15, -0.1) is 0 Å². The highest BCUT2D eigenvalue weighted by Crippen LogP contribution is 2.35. The second kappa shape index (κ2) is 4.52. The fourth-order valence-electron chi connectivity index (χ4n) is 2.92. The van der Waals surface area contributed by atoms with Crippen molar-refractivity contribution in [2.45, 2.75) is 0 Å². The van der Waals surface area contributed by atoms with Crippen molar-refractivity contribution in [2.75, 3.05) is 31.1 Å². The minimum atomic E-state index is -0.318. The first-order chi connectivity index (χ1) is 8.70. The van der Waals surface area contributed by atoms with Gasteiger partial charge in [0.2, 0.25) is 0 Å². The van der Waals surface area contributed by atoms with E-state index in [9.17, 15) is 4.39 Å². The molecule has 0 spiro atoms. The number of nitrogens with zero attached hydrogens (tertiary/aromatic N) is 2. The van der Waals surface area contributed by atoms with Gasteiger partial charge in [-0.3, -0.25) is 0 Å². The Kier molecular flexibility index (Phi) is 3.00. The van der Waals surface area contributed by atoms with Gasteiger partial charge in [0.1, 0.15) is 6.07 Å². The van der Waals surface area contributed by atoms with Crippen LogP contribution in [0.15, 0.2) is 16.6 Å². The molecule has 0 saturated carbocycles. The third-order valence-corrected chi connectivity index (χ3v) is 4.69. The van der Waals surface area contributed by atoms with E-state index in [1.54, 1.807) is 12.1 Å². The maximum Gasteiger partial charge on any atom is 0.161 e. The summed E-state index contributed by atoms with van der Waals surface area (Å²) >= 11 is 3.16. The first kappa shape index (κ1) is 11.9. The fraction of sp³-hybridized carbons (Fsp3) is 0.462. The molecule has 1 aromatic carbocycles. The first-order valence-electron chi connectivity index (χ1n) is 6.04. The third-order valence-electron chi connectivity index (χ3n) is 3.91. The molecule has 0 amide bonds. The summed E-state index contributed by atoms with van der Waals surface area (Å²) in [6.45, 7) is 3.85. The van der Waals surface area contributed by atoms with Gasteiger partial charge in [0.05, 0.1) is 15.7 Å². The van der Waals surface area contributed by atoms with Crippen molar-refractivity contribution in [3.8, 4) is 6.07 Å². The molecule has 2 saturated heterocycles. The number of anilines is 1. The lowest BCUT2D eigenvalue weighted by molar-refractivity contribution is 0.533. The Morgan fingerprint density at radius 2 is 2.00 bits per heavy atom. The molecule has 5 heteroatoms. The van der Waals surface area contributed by atoms with Gasteiger partial charge < -0.3 is 10.2 Å². The van der Waals surface area contributed by atoms with Gasteiger partial charge in [0.25, 0.3) is 0 Å². The van der Waals surface area contributed by atoms with Crippen molar-refractivity contribution in [1.29, 1.82) is 5.26 Å². The summed E-state index contributed by atoms with van der Waals surface area (Å²) in [5, 5.41) is 12.2. The Bertz CT molecular complexity index is 514. The van der Waals surface area contributed by atoms with Crippen LogP contribution in [0, 0.1) is 29.0 Å². The molecular formula is C13H13BrFN3. The van der Waals surface area contributed by atoms with E-state index in [0.717, 1.165) is 26.2 Å². The van der Waals surface area contributed by atoms with Gasteiger partial charge in [-0.05, 0) is 39.9 Å². The number of nitrogens with one attached hydrogen (secondary N) is 1. The number of fused-ring (bicyclic) bond motifs is 1. The molecule has 3 rings (SSSR count). The number of hydrogen-bond acceptors (Lipinski definition) is 3. The zero-order chi connectivity index (χ0) is 12.7. The lowest BCUT2D eigenvalue weighted by Crippen LogP contribution is -2.26. The van der Waals surface area contributed by atoms with Crippen LogP contribution in [0.25, 0.3) is 0 Å². The number of halogens is 2. The molecule has 0 aliphatic carbocycles. The fourth-order valence-corrected chi connectivity index (χ4v) is 3.35. The van der Waals surface area contributed by atoms with Crippen LogP contribution in [-0.4, -0.2) is 26.2 Å². The van der Waals surface area contributed by atoms with Crippen LogP contribution >= 0.6 is 15.9 Å². The Hall–Kier alpha value is -1.12. The smallest absolute Gasteiger partial charge is 0.161 e. The monoisotopic (exact) mass is 309 g/mol. The zero-order valence-corrected chi connectivity index (χ0v) is 11.4. The molecule has 94 valence electrons. The van der Waals surface area contributed by atoms with E-state index >= 15 is 0 Å². The molecule has 2 unspecified atom stereocenters. The Morgan fingerprint density at radius 1 is 1.33 bits per heavy atom. The second-order valence-corrected chi connectivity index (χ2v) is 5.75. The molecular weight excluding hydrogens is 297 g/mol. The predicted molar refractivity (Wildman–Crippen MR) is 70.9 cm³/mol. The van der Waals surface area contributed by atoms with Crippen LogP contribution in [0.3, 0.4) is 0 Å². The number of nitriles is 1. The molecule has 3 nitrogen and oxygen atoms in total. The summed E-state index contributed by atoms with van der Waals surface area (Å²) in [7, 11) is 0. The molecule has 0 bridgehead atoms. The van der Waals surface area contributed by atoms with Gasteiger partial charge in [0.15, 0.2) is 5.82 Å².